The first kappa shape index (κ1) is 16.0. The smallest absolute Gasteiger partial charge is 0.307 e. The minimum atomic E-state index is -0.864. The molecule has 0 spiro atoms. The van der Waals surface area contributed by atoms with Gasteiger partial charge in [0.1, 0.15) is 0 Å². The Morgan fingerprint density at radius 3 is 2.48 bits per heavy atom. The van der Waals surface area contributed by atoms with Crippen LogP contribution in [0.1, 0.15) is 37.3 Å². The van der Waals surface area contributed by atoms with Crippen LogP contribution in [-0.2, 0) is 14.3 Å². The number of hydrogen-bond donors (Lipinski definition) is 2. The lowest BCUT2D eigenvalue weighted by atomic mass is 9.73. The van der Waals surface area contributed by atoms with Crippen molar-refractivity contribution >= 4 is 11.9 Å². The third kappa shape index (κ3) is 3.72. The van der Waals surface area contributed by atoms with Crippen LogP contribution in [0.5, 0.6) is 0 Å². The molecule has 5 heteroatoms. The summed E-state index contributed by atoms with van der Waals surface area (Å²) in [5.74, 6) is -1.47. The lowest BCUT2D eigenvalue weighted by Crippen LogP contribution is -2.45. The zero-order valence-corrected chi connectivity index (χ0v) is 13.1. The molecular formula is C18H23NO4. The molecule has 1 amide bonds. The van der Waals surface area contributed by atoms with E-state index in [9.17, 15) is 9.59 Å². The van der Waals surface area contributed by atoms with Crippen molar-refractivity contribution in [2.24, 2.45) is 17.8 Å². The predicted octanol–water partition coefficient (Wildman–Crippen LogP) is 2.38. The van der Waals surface area contributed by atoms with Crippen molar-refractivity contribution in [2.75, 3.05) is 13.2 Å². The molecule has 2 N–H and O–H groups in total. The molecule has 4 atom stereocenters. The summed E-state index contributed by atoms with van der Waals surface area (Å²) in [6, 6.07) is 9.82. The summed E-state index contributed by atoms with van der Waals surface area (Å²) in [5.41, 5.74) is 1.07. The van der Waals surface area contributed by atoms with Crippen molar-refractivity contribution in [2.45, 2.75) is 31.7 Å². The van der Waals surface area contributed by atoms with Crippen molar-refractivity contribution in [3.63, 3.8) is 0 Å². The van der Waals surface area contributed by atoms with Crippen LogP contribution < -0.4 is 5.32 Å². The molecule has 0 bridgehead atoms. The van der Waals surface area contributed by atoms with Gasteiger partial charge < -0.3 is 15.2 Å². The maximum atomic E-state index is 12.5. The van der Waals surface area contributed by atoms with Crippen LogP contribution in [0.2, 0.25) is 0 Å². The second-order valence-electron chi connectivity index (χ2n) is 6.57. The van der Waals surface area contributed by atoms with E-state index in [2.05, 4.69) is 5.32 Å². The highest BCUT2D eigenvalue weighted by Gasteiger charge is 2.42. The normalized spacial score (nSPS) is 27.9. The van der Waals surface area contributed by atoms with Gasteiger partial charge in [-0.1, -0.05) is 30.3 Å². The van der Waals surface area contributed by atoms with Gasteiger partial charge in [-0.3, -0.25) is 9.59 Å². The van der Waals surface area contributed by atoms with Crippen LogP contribution in [-0.4, -0.2) is 30.2 Å². The molecule has 0 aromatic heterocycles. The number of ether oxygens (including phenoxy) is 1. The van der Waals surface area contributed by atoms with Gasteiger partial charge in [-0.05, 0) is 37.2 Å². The van der Waals surface area contributed by atoms with Crippen molar-refractivity contribution in [1.29, 1.82) is 0 Å². The monoisotopic (exact) mass is 317 g/mol. The number of carbonyl (C=O) groups is 2. The number of rotatable bonds is 6. The minimum absolute atomic E-state index is 0.0783. The lowest BCUT2D eigenvalue weighted by Gasteiger charge is -2.34. The molecular weight excluding hydrogens is 294 g/mol. The molecule has 1 saturated carbocycles. The van der Waals surface area contributed by atoms with E-state index in [-0.39, 0.29) is 11.9 Å². The standard InChI is InChI=1S/C18H23NO4/c20-17(14-6-7-15(14)18(21)22)19-16(10-12-8-9-23-11-12)13-4-2-1-3-5-13/h1-5,12,14-16H,6-11H2,(H,19,20)(H,21,22). The third-order valence-electron chi connectivity index (χ3n) is 5.04. The Morgan fingerprint density at radius 2 is 1.91 bits per heavy atom. The minimum Gasteiger partial charge on any atom is -0.481 e. The molecule has 4 unspecified atom stereocenters. The molecule has 1 aliphatic heterocycles. The number of carbonyl (C=O) groups excluding carboxylic acids is 1. The summed E-state index contributed by atoms with van der Waals surface area (Å²) in [6.07, 6.45) is 3.11. The Bertz CT molecular complexity index is 553. The van der Waals surface area contributed by atoms with Gasteiger partial charge in [-0.25, -0.2) is 0 Å². The predicted molar refractivity (Wildman–Crippen MR) is 84.7 cm³/mol. The first-order chi connectivity index (χ1) is 11.1. The summed E-state index contributed by atoms with van der Waals surface area (Å²) < 4.78 is 5.44. The van der Waals surface area contributed by atoms with Crippen LogP contribution in [0.25, 0.3) is 0 Å². The van der Waals surface area contributed by atoms with Gasteiger partial charge in [0.25, 0.3) is 0 Å². The maximum absolute atomic E-state index is 12.5. The highest BCUT2D eigenvalue weighted by atomic mass is 16.5. The SMILES string of the molecule is O=C(O)C1CCC1C(=O)NC(CC1CCOC1)c1ccccc1. The first-order valence-corrected chi connectivity index (χ1v) is 8.31. The lowest BCUT2D eigenvalue weighted by molar-refractivity contribution is -0.153. The zero-order valence-electron chi connectivity index (χ0n) is 13.1. The fraction of sp³-hybridized carbons (Fsp3) is 0.556. The van der Waals surface area contributed by atoms with Crippen molar-refractivity contribution < 1.29 is 19.4 Å². The molecule has 2 aliphatic rings. The topological polar surface area (TPSA) is 75.6 Å². The van der Waals surface area contributed by atoms with Crippen molar-refractivity contribution in [1.82, 2.24) is 5.32 Å². The summed E-state index contributed by atoms with van der Waals surface area (Å²) in [6.45, 7) is 1.52. The first-order valence-electron chi connectivity index (χ1n) is 8.31. The number of nitrogens with one attached hydrogen (secondary N) is 1. The van der Waals surface area contributed by atoms with Gasteiger partial charge in [0, 0.05) is 13.2 Å². The second kappa shape index (κ2) is 7.13. The summed E-state index contributed by atoms with van der Waals surface area (Å²) >= 11 is 0. The molecule has 3 rings (SSSR count). The third-order valence-corrected chi connectivity index (χ3v) is 5.04. The molecule has 1 aliphatic carbocycles. The second-order valence-corrected chi connectivity index (χ2v) is 6.57. The number of hydrogen-bond acceptors (Lipinski definition) is 3. The average Bonchev–Trinajstić information content (AvgIpc) is 2.98. The van der Waals surface area contributed by atoms with E-state index >= 15 is 0 Å². The van der Waals surface area contributed by atoms with Crippen LogP contribution in [0.15, 0.2) is 30.3 Å². The molecule has 5 nitrogen and oxygen atoms in total. The van der Waals surface area contributed by atoms with Gasteiger partial charge in [-0.15, -0.1) is 0 Å². The van der Waals surface area contributed by atoms with E-state index < -0.39 is 17.8 Å². The quantitative estimate of drug-likeness (QED) is 0.844. The Balaban J connectivity index is 1.68. The fourth-order valence-electron chi connectivity index (χ4n) is 3.45. The van der Waals surface area contributed by atoms with Gasteiger partial charge in [-0.2, -0.15) is 0 Å². The Morgan fingerprint density at radius 1 is 1.17 bits per heavy atom. The molecule has 1 saturated heterocycles. The Kier molecular flexibility index (Phi) is 4.96. The largest absolute Gasteiger partial charge is 0.481 e. The van der Waals surface area contributed by atoms with E-state index in [1.165, 1.54) is 0 Å². The number of amides is 1. The highest BCUT2D eigenvalue weighted by Crippen LogP contribution is 2.36. The van der Waals surface area contributed by atoms with Crippen LogP contribution in [0.3, 0.4) is 0 Å². The van der Waals surface area contributed by atoms with E-state index in [1.54, 1.807) is 0 Å². The van der Waals surface area contributed by atoms with Gasteiger partial charge in [0.05, 0.1) is 17.9 Å². The molecule has 1 aromatic carbocycles. The van der Waals surface area contributed by atoms with E-state index in [0.29, 0.717) is 18.8 Å². The molecule has 0 radical (unpaired) electrons. The highest BCUT2D eigenvalue weighted by molar-refractivity contribution is 5.86. The molecule has 124 valence electrons. The molecule has 1 aromatic rings. The molecule has 1 heterocycles. The van der Waals surface area contributed by atoms with Gasteiger partial charge >= 0.3 is 5.97 Å². The summed E-state index contributed by atoms with van der Waals surface area (Å²) in [7, 11) is 0. The van der Waals surface area contributed by atoms with Crippen molar-refractivity contribution in [3.8, 4) is 0 Å². The van der Waals surface area contributed by atoms with Gasteiger partial charge in [0.2, 0.25) is 5.91 Å². The average molecular weight is 317 g/mol. The molecule has 2 fully saturated rings. The zero-order chi connectivity index (χ0) is 16.2. The van der Waals surface area contributed by atoms with E-state index in [1.807, 2.05) is 30.3 Å². The van der Waals surface area contributed by atoms with E-state index in [4.69, 9.17) is 9.84 Å². The van der Waals surface area contributed by atoms with E-state index in [0.717, 1.165) is 31.6 Å². The number of carboxylic acids is 1. The van der Waals surface area contributed by atoms with Crippen LogP contribution in [0.4, 0.5) is 0 Å². The summed E-state index contributed by atoms with van der Waals surface area (Å²) in [5, 5.41) is 12.2. The van der Waals surface area contributed by atoms with Crippen LogP contribution >= 0.6 is 0 Å². The Labute approximate surface area is 136 Å². The van der Waals surface area contributed by atoms with Crippen molar-refractivity contribution in [3.05, 3.63) is 35.9 Å². The number of carboxylic acid groups (broad SMARTS) is 1. The molecule has 23 heavy (non-hydrogen) atoms. The summed E-state index contributed by atoms with van der Waals surface area (Å²) in [4.78, 5) is 23.6. The fourth-order valence-corrected chi connectivity index (χ4v) is 3.45. The van der Waals surface area contributed by atoms with Gasteiger partial charge in [0.15, 0.2) is 0 Å². The Hall–Kier alpha value is -1.88. The number of aliphatic carboxylic acids is 1. The number of benzene rings is 1. The maximum Gasteiger partial charge on any atom is 0.307 e. The van der Waals surface area contributed by atoms with Crippen LogP contribution in [0, 0.1) is 17.8 Å².